The highest BCUT2D eigenvalue weighted by Gasteiger charge is 2.50. The summed E-state index contributed by atoms with van der Waals surface area (Å²) in [6.45, 7) is 2.09. The predicted octanol–water partition coefficient (Wildman–Crippen LogP) is 4.27. The average molecular weight is 358 g/mol. The van der Waals surface area contributed by atoms with Crippen molar-refractivity contribution in [2.45, 2.75) is 37.8 Å². The molecule has 3 aromatic rings. The smallest absolute Gasteiger partial charge is 0.248 e. The van der Waals surface area contributed by atoms with Crippen molar-refractivity contribution in [3.05, 3.63) is 95.8 Å². The number of aromatic nitrogens is 1. The molecule has 27 heavy (non-hydrogen) atoms. The van der Waals surface area contributed by atoms with Crippen LogP contribution in [-0.2, 0) is 16.0 Å². The first-order valence-electron chi connectivity index (χ1n) is 9.47. The van der Waals surface area contributed by atoms with E-state index in [-0.39, 0.29) is 30.3 Å². The van der Waals surface area contributed by atoms with Gasteiger partial charge in [-0.15, -0.1) is 0 Å². The van der Waals surface area contributed by atoms with E-state index in [2.05, 4.69) is 41.8 Å². The Bertz CT molecular complexity index is 951. The van der Waals surface area contributed by atoms with Crippen LogP contribution in [0.15, 0.2) is 79.0 Å². The van der Waals surface area contributed by atoms with Crippen molar-refractivity contribution in [1.82, 2.24) is 9.47 Å². The summed E-state index contributed by atoms with van der Waals surface area (Å²) >= 11 is 0. The number of fused-ring (bicyclic) bond motifs is 3. The monoisotopic (exact) mass is 358 g/mol. The molecule has 0 radical (unpaired) electrons. The molecule has 0 spiro atoms. The van der Waals surface area contributed by atoms with Gasteiger partial charge >= 0.3 is 0 Å². The number of amides is 1. The van der Waals surface area contributed by atoms with Crippen LogP contribution in [0.25, 0.3) is 0 Å². The molecule has 136 valence electrons. The molecule has 2 aliphatic rings. The van der Waals surface area contributed by atoms with Crippen molar-refractivity contribution in [2.24, 2.45) is 0 Å². The molecule has 3 heterocycles. The quantitative estimate of drug-likeness (QED) is 0.701. The Morgan fingerprint density at radius 2 is 1.63 bits per heavy atom. The number of nitrogens with zero attached hydrogens (tertiary/aromatic N) is 2. The van der Waals surface area contributed by atoms with Crippen molar-refractivity contribution in [3.8, 4) is 0 Å². The molecule has 0 N–H and O–H groups in total. The van der Waals surface area contributed by atoms with Crippen molar-refractivity contribution in [1.29, 1.82) is 0 Å². The van der Waals surface area contributed by atoms with Crippen LogP contribution in [0.3, 0.4) is 0 Å². The molecule has 1 saturated heterocycles. The zero-order chi connectivity index (χ0) is 18.4. The zero-order valence-corrected chi connectivity index (χ0v) is 15.2. The van der Waals surface area contributed by atoms with Crippen LogP contribution < -0.4 is 0 Å². The minimum Gasteiger partial charge on any atom is -0.342 e. The summed E-state index contributed by atoms with van der Waals surface area (Å²) < 4.78 is 8.50. The maximum Gasteiger partial charge on any atom is 0.248 e. The van der Waals surface area contributed by atoms with Crippen LogP contribution in [-0.4, -0.2) is 21.4 Å². The fourth-order valence-electron chi connectivity index (χ4n) is 4.42. The molecule has 0 aliphatic carbocycles. The van der Waals surface area contributed by atoms with Gasteiger partial charge in [0.1, 0.15) is 12.1 Å². The Kier molecular flexibility index (Phi) is 3.87. The maximum absolute atomic E-state index is 13.5. The Morgan fingerprint density at radius 3 is 2.37 bits per heavy atom. The van der Waals surface area contributed by atoms with E-state index in [0.717, 1.165) is 11.3 Å². The molecular formula is C23H22N2O2. The average Bonchev–Trinajstić information content (AvgIpc) is 3.32. The first-order chi connectivity index (χ1) is 13.2. The largest absolute Gasteiger partial charge is 0.342 e. The molecule has 4 atom stereocenters. The summed E-state index contributed by atoms with van der Waals surface area (Å²) in [6, 6.07) is 24.2. The molecule has 0 unspecified atom stereocenters. The van der Waals surface area contributed by atoms with E-state index in [1.54, 1.807) is 0 Å². The third-order valence-electron chi connectivity index (χ3n) is 5.75. The van der Waals surface area contributed by atoms with Crippen molar-refractivity contribution < 1.29 is 9.53 Å². The summed E-state index contributed by atoms with van der Waals surface area (Å²) in [5, 5.41) is 0. The summed E-state index contributed by atoms with van der Waals surface area (Å²) in [5.74, 6) is 0.137. The van der Waals surface area contributed by atoms with Gasteiger partial charge in [0.25, 0.3) is 0 Å². The fraction of sp³-hybridized carbons (Fsp3) is 0.261. The number of rotatable bonds is 3. The highest BCUT2D eigenvalue weighted by molar-refractivity contribution is 5.83. The fourth-order valence-corrected chi connectivity index (χ4v) is 4.42. The van der Waals surface area contributed by atoms with Gasteiger partial charge in [-0.25, -0.2) is 0 Å². The molecule has 4 nitrogen and oxygen atoms in total. The lowest BCUT2D eigenvalue weighted by molar-refractivity contribution is -0.145. The second-order valence-corrected chi connectivity index (χ2v) is 7.35. The topological polar surface area (TPSA) is 34.5 Å². The second kappa shape index (κ2) is 6.39. The standard InChI is InChI=1S/C23H22N2O2/c1-16-21(18-11-6-3-7-12-18)27-23-19-13-8-14-24(19)20(22(26)25(16)23)15-17-9-4-2-5-10-17/h2-14,16,20-21,23H,15H2,1H3/t16-,20+,21-,23+/m0/s1. The van der Waals surface area contributed by atoms with Crippen LogP contribution in [0.5, 0.6) is 0 Å². The third kappa shape index (κ3) is 2.60. The molecule has 2 aliphatic heterocycles. The summed E-state index contributed by atoms with van der Waals surface area (Å²) in [6.07, 6.45) is 2.26. The van der Waals surface area contributed by atoms with Gasteiger partial charge in [-0.2, -0.15) is 0 Å². The van der Waals surface area contributed by atoms with E-state index < -0.39 is 0 Å². The molecule has 4 heteroatoms. The molecule has 1 aromatic heterocycles. The van der Waals surface area contributed by atoms with E-state index in [1.165, 1.54) is 5.56 Å². The van der Waals surface area contributed by atoms with E-state index in [1.807, 2.05) is 53.6 Å². The minimum atomic E-state index is -0.320. The van der Waals surface area contributed by atoms with Gasteiger partial charge in [0.2, 0.25) is 5.91 Å². The Balaban J connectivity index is 1.52. The maximum atomic E-state index is 13.5. The van der Waals surface area contributed by atoms with E-state index in [0.29, 0.717) is 6.42 Å². The van der Waals surface area contributed by atoms with Crippen molar-refractivity contribution in [3.63, 3.8) is 0 Å². The highest BCUT2D eigenvalue weighted by Crippen LogP contribution is 2.46. The van der Waals surface area contributed by atoms with Gasteiger partial charge in [0.05, 0.1) is 11.7 Å². The van der Waals surface area contributed by atoms with Gasteiger partial charge in [-0.05, 0) is 30.2 Å². The lowest BCUT2D eigenvalue weighted by Gasteiger charge is -2.37. The normalized spacial score (nSPS) is 26.7. The van der Waals surface area contributed by atoms with Gasteiger partial charge < -0.3 is 14.2 Å². The van der Waals surface area contributed by atoms with Crippen LogP contribution in [0, 0.1) is 0 Å². The lowest BCUT2D eigenvalue weighted by atomic mass is 9.99. The highest BCUT2D eigenvalue weighted by atomic mass is 16.5. The van der Waals surface area contributed by atoms with Gasteiger partial charge in [0, 0.05) is 12.6 Å². The van der Waals surface area contributed by atoms with Crippen molar-refractivity contribution >= 4 is 5.91 Å². The Labute approximate surface area is 159 Å². The Morgan fingerprint density at radius 1 is 0.926 bits per heavy atom. The molecule has 0 bridgehead atoms. The molecular weight excluding hydrogens is 336 g/mol. The third-order valence-corrected chi connectivity index (χ3v) is 5.75. The van der Waals surface area contributed by atoms with Gasteiger partial charge in [-0.3, -0.25) is 4.79 Å². The zero-order valence-electron chi connectivity index (χ0n) is 15.2. The number of benzene rings is 2. The first-order valence-corrected chi connectivity index (χ1v) is 9.47. The molecule has 5 rings (SSSR count). The molecule has 1 fully saturated rings. The molecule has 0 saturated carbocycles. The number of carbonyl (C=O) groups excluding carboxylic acids is 1. The summed E-state index contributed by atoms with van der Waals surface area (Å²) in [7, 11) is 0. The van der Waals surface area contributed by atoms with Gasteiger partial charge in [0.15, 0.2) is 6.23 Å². The van der Waals surface area contributed by atoms with E-state index in [4.69, 9.17) is 4.74 Å². The summed E-state index contributed by atoms with van der Waals surface area (Å²) in [5.41, 5.74) is 3.34. The van der Waals surface area contributed by atoms with E-state index in [9.17, 15) is 4.79 Å². The van der Waals surface area contributed by atoms with Crippen LogP contribution in [0.4, 0.5) is 0 Å². The summed E-state index contributed by atoms with van der Waals surface area (Å²) in [4.78, 5) is 15.4. The number of hydrogen-bond donors (Lipinski definition) is 0. The number of ether oxygens (including phenoxy) is 1. The van der Waals surface area contributed by atoms with Crippen LogP contribution >= 0.6 is 0 Å². The second-order valence-electron chi connectivity index (χ2n) is 7.35. The lowest BCUT2D eigenvalue weighted by Crippen LogP contribution is -2.46. The van der Waals surface area contributed by atoms with Crippen LogP contribution in [0.1, 0.15) is 42.1 Å². The Hall–Kier alpha value is -2.85. The van der Waals surface area contributed by atoms with Crippen LogP contribution in [0.2, 0.25) is 0 Å². The van der Waals surface area contributed by atoms with E-state index >= 15 is 0 Å². The number of carbonyl (C=O) groups is 1. The SMILES string of the molecule is C[C@H]1[C@@H](c2ccccc2)O[C@@H]2c3cccn3[C@H](Cc3ccccc3)C(=O)N21. The predicted molar refractivity (Wildman–Crippen MR) is 103 cm³/mol. The first kappa shape index (κ1) is 16.3. The van der Waals surface area contributed by atoms with Gasteiger partial charge in [-0.1, -0.05) is 60.7 Å². The van der Waals surface area contributed by atoms with Crippen molar-refractivity contribution in [2.75, 3.05) is 0 Å². The molecule has 1 amide bonds. The minimum absolute atomic E-state index is 0.00757. The number of hydrogen-bond acceptors (Lipinski definition) is 2. The molecule has 2 aromatic carbocycles.